The van der Waals surface area contributed by atoms with Crippen molar-refractivity contribution in [3.8, 4) is 0 Å². The van der Waals surface area contributed by atoms with E-state index in [1.54, 1.807) is 13.0 Å². The van der Waals surface area contributed by atoms with Crippen molar-refractivity contribution in [2.24, 2.45) is 0 Å². The maximum atomic E-state index is 11.0. The molecule has 0 radical (unpaired) electrons. The van der Waals surface area contributed by atoms with Crippen LogP contribution in [0.4, 0.5) is 0 Å². The minimum atomic E-state index is 0.143. The van der Waals surface area contributed by atoms with Crippen LogP contribution in [0.2, 0.25) is 0 Å². The Labute approximate surface area is 84.5 Å². The van der Waals surface area contributed by atoms with Gasteiger partial charge in [-0.15, -0.1) is 0 Å². The lowest BCUT2D eigenvalue weighted by atomic mass is 10.0. The average molecular weight is 186 g/mol. The molecular weight excluding hydrogens is 172 g/mol. The lowest BCUT2D eigenvalue weighted by Crippen LogP contribution is -1.85. The van der Waals surface area contributed by atoms with Crippen LogP contribution in [0, 0.1) is 0 Å². The van der Waals surface area contributed by atoms with E-state index in [1.165, 1.54) is 16.7 Å². The van der Waals surface area contributed by atoms with Gasteiger partial charge in [-0.1, -0.05) is 31.2 Å². The third kappa shape index (κ3) is 1.50. The Morgan fingerprint density at radius 1 is 1.43 bits per heavy atom. The lowest BCUT2D eigenvalue weighted by molar-refractivity contribution is -0.112. The summed E-state index contributed by atoms with van der Waals surface area (Å²) < 4.78 is 0. The zero-order valence-corrected chi connectivity index (χ0v) is 8.58. The molecule has 0 aromatic heterocycles. The Morgan fingerprint density at radius 2 is 2.14 bits per heavy atom. The van der Waals surface area contributed by atoms with Crippen molar-refractivity contribution in [2.75, 3.05) is 0 Å². The minimum absolute atomic E-state index is 0.143. The first-order valence-electron chi connectivity index (χ1n) is 4.99. The molecular formula is C13H14O. The summed E-state index contributed by atoms with van der Waals surface area (Å²) in [5.74, 6) is 0.695. The van der Waals surface area contributed by atoms with Gasteiger partial charge in [0.1, 0.15) is 0 Å². The van der Waals surface area contributed by atoms with Gasteiger partial charge in [-0.25, -0.2) is 0 Å². The molecule has 0 N–H and O–H groups in total. The quantitative estimate of drug-likeness (QED) is 0.616. The molecule has 0 amide bonds. The normalized spacial score (nSPS) is 22.4. The Morgan fingerprint density at radius 3 is 2.86 bits per heavy atom. The molecule has 1 heteroatoms. The number of rotatable bonds is 1. The predicted molar refractivity (Wildman–Crippen MR) is 58.1 cm³/mol. The van der Waals surface area contributed by atoms with Crippen LogP contribution in [-0.4, -0.2) is 5.78 Å². The maximum Gasteiger partial charge on any atom is 0.152 e. The molecule has 0 bridgehead atoms. The van der Waals surface area contributed by atoms with Gasteiger partial charge in [0.15, 0.2) is 5.78 Å². The van der Waals surface area contributed by atoms with Gasteiger partial charge in [-0.2, -0.15) is 0 Å². The van der Waals surface area contributed by atoms with Crippen molar-refractivity contribution in [2.45, 2.75) is 26.2 Å². The van der Waals surface area contributed by atoms with E-state index in [2.05, 4.69) is 25.1 Å². The molecule has 0 spiro atoms. The van der Waals surface area contributed by atoms with Crippen molar-refractivity contribution < 1.29 is 4.79 Å². The van der Waals surface area contributed by atoms with Gasteiger partial charge in [-0.3, -0.25) is 4.79 Å². The zero-order chi connectivity index (χ0) is 10.1. The van der Waals surface area contributed by atoms with Gasteiger partial charge < -0.3 is 0 Å². The standard InChI is InChI=1S/C13H14O/c1-9-7-11(8-10(2)14)13-6-4-3-5-12(9)13/h3-6,8-9H,7H2,1-2H3/b11-8-. The Balaban J connectivity index is 2.49. The Hall–Kier alpha value is -1.37. The molecule has 1 aliphatic rings. The summed E-state index contributed by atoms with van der Waals surface area (Å²) in [6, 6.07) is 8.35. The second kappa shape index (κ2) is 3.41. The fraction of sp³-hybridized carbons (Fsp3) is 0.308. The number of carbonyl (C=O) groups is 1. The molecule has 0 saturated carbocycles. The monoisotopic (exact) mass is 186 g/mol. The molecule has 1 nitrogen and oxygen atoms in total. The van der Waals surface area contributed by atoms with Gasteiger partial charge in [0.25, 0.3) is 0 Å². The van der Waals surface area contributed by atoms with Crippen LogP contribution in [-0.2, 0) is 4.79 Å². The largest absolute Gasteiger partial charge is 0.295 e. The van der Waals surface area contributed by atoms with Crippen molar-refractivity contribution >= 4 is 11.4 Å². The summed E-state index contributed by atoms with van der Waals surface area (Å²) in [5.41, 5.74) is 3.83. The van der Waals surface area contributed by atoms with Gasteiger partial charge >= 0.3 is 0 Å². The lowest BCUT2D eigenvalue weighted by Gasteiger charge is -2.00. The number of fused-ring (bicyclic) bond motifs is 1. The topological polar surface area (TPSA) is 17.1 Å². The summed E-state index contributed by atoms with van der Waals surface area (Å²) in [5, 5.41) is 0. The first kappa shape index (κ1) is 9.20. The SMILES string of the molecule is CC(=O)/C=C1/CC(C)c2ccccc21. The van der Waals surface area contributed by atoms with Crippen LogP contribution in [0.1, 0.15) is 37.3 Å². The van der Waals surface area contributed by atoms with E-state index in [9.17, 15) is 4.79 Å². The maximum absolute atomic E-state index is 11.0. The summed E-state index contributed by atoms with van der Waals surface area (Å²) >= 11 is 0. The molecule has 1 atom stereocenters. The number of ketones is 1. The van der Waals surface area contributed by atoms with Crippen molar-refractivity contribution in [1.29, 1.82) is 0 Å². The summed E-state index contributed by atoms with van der Waals surface area (Å²) in [6.45, 7) is 3.82. The smallest absolute Gasteiger partial charge is 0.152 e. The highest BCUT2D eigenvalue weighted by molar-refractivity contribution is 5.96. The molecule has 1 aliphatic carbocycles. The van der Waals surface area contributed by atoms with E-state index < -0.39 is 0 Å². The minimum Gasteiger partial charge on any atom is -0.295 e. The highest BCUT2D eigenvalue weighted by Crippen LogP contribution is 2.40. The third-order valence-corrected chi connectivity index (χ3v) is 2.74. The molecule has 1 unspecified atom stereocenters. The molecule has 14 heavy (non-hydrogen) atoms. The Bertz CT molecular complexity index is 401. The second-order valence-electron chi connectivity index (χ2n) is 3.97. The Kier molecular flexibility index (Phi) is 2.24. The van der Waals surface area contributed by atoms with E-state index >= 15 is 0 Å². The summed E-state index contributed by atoms with van der Waals surface area (Å²) in [4.78, 5) is 11.0. The van der Waals surface area contributed by atoms with E-state index in [4.69, 9.17) is 0 Å². The van der Waals surface area contributed by atoms with E-state index in [-0.39, 0.29) is 5.78 Å². The number of carbonyl (C=O) groups excluding carboxylic acids is 1. The first-order valence-corrected chi connectivity index (χ1v) is 4.99. The number of allylic oxidation sites excluding steroid dienone is 2. The van der Waals surface area contributed by atoms with Gasteiger partial charge in [-0.05, 0) is 42.0 Å². The molecule has 2 rings (SSSR count). The van der Waals surface area contributed by atoms with Gasteiger partial charge in [0, 0.05) is 0 Å². The molecule has 0 heterocycles. The van der Waals surface area contributed by atoms with Crippen LogP contribution in [0.25, 0.3) is 5.57 Å². The molecule has 0 fully saturated rings. The van der Waals surface area contributed by atoms with E-state index in [1.807, 2.05) is 6.07 Å². The fourth-order valence-corrected chi connectivity index (χ4v) is 2.15. The van der Waals surface area contributed by atoms with Crippen LogP contribution >= 0.6 is 0 Å². The van der Waals surface area contributed by atoms with Crippen LogP contribution in [0.5, 0.6) is 0 Å². The molecule has 1 aromatic carbocycles. The third-order valence-electron chi connectivity index (χ3n) is 2.74. The highest BCUT2D eigenvalue weighted by atomic mass is 16.1. The van der Waals surface area contributed by atoms with E-state index in [0.29, 0.717) is 5.92 Å². The molecule has 1 aromatic rings. The number of benzene rings is 1. The molecule has 72 valence electrons. The summed E-state index contributed by atoms with van der Waals surface area (Å²) in [7, 11) is 0. The zero-order valence-electron chi connectivity index (χ0n) is 8.58. The van der Waals surface area contributed by atoms with Crippen molar-refractivity contribution in [3.05, 3.63) is 41.5 Å². The highest BCUT2D eigenvalue weighted by Gasteiger charge is 2.22. The second-order valence-corrected chi connectivity index (χ2v) is 3.97. The summed E-state index contributed by atoms with van der Waals surface area (Å²) in [6.07, 6.45) is 2.77. The van der Waals surface area contributed by atoms with Crippen LogP contribution in [0.3, 0.4) is 0 Å². The van der Waals surface area contributed by atoms with Crippen LogP contribution < -0.4 is 0 Å². The molecule has 0 aliphatic heterocycles. The van der Waals surface area contributed by atoms with Crippen molar-refractivity contribution in [1.82, 2.24) is 0 Å². The predicted octanol–water partition coefficient (Wildman–Crippen LogP) is 3.17. The van der Waals surface area contributed by atoms with Crippen molar-refractivity contribution in [3.63, 3.8) is 0 Å². The first-order chi connectivity index (χ1) is 6.68. The molecule has 0 saturated heterocycles. The van der Waals surface area contributed by atoms with E-state index in [0.717, 1.165) is 6.42 Å². The van der Waals surface area contributed by atoms with Crippen LogP contribution in [0.15, 0.2) is 30.3 Å². The average Bonchev–Trinajstić information content (AvgIpc) is 2.44. The van der Waals surface area contributed by atoms with Gasteiger partial charge in [0.05, 0.1) is 0 Å². The fourth-order valence-electron chi connectivity index (χ4n) is 2.15. The van der Waals surface area contributed by atoms with Gasteiger partial charge in [0.2, 0.25) is 0 Å². The number of hydrogen-bond donors (Lipinski definition) is 0. The number of hydrogen-bond acceptors (Lipinski definition) is 1.